The van der Waals surface area contributed by atoms with Gasteiger partial charge in [-0.3, -0.25) is 4.57 Å². The van der Waals surface area contributed by atoms with E-state index in [-0.39, 0.29) is 0 Å². The fraction of sp³-hybridized carbons (Fsp3) is 0.333. The van der Waals surface area contributed by atoms with Gasteiger partial charge in [-0.1, -0.05) is 36.4 Å². The maximum Gasteiger partial charge on any atom is 0.181 e. The van der Waals surface area contributed by atoms with Gasteiger partial charge in [0.15, 0.2) is 7.60 Å². The second kappa shape index (κ2) is 7.16. The Hall–Kier alpha value is -2.07. The Balaban J connectivity index is 1.56. The maximum absolute atomic E-state index is 11.6. The van der Waals surface area contributed by atoms with Crippen molar-refractivity contribution in [3.63, 3.8) is 0 Å². The number of fused-ring (bicyclic) bond motifs is 1. The summed E-state index contributed by atoms with van der Waals surface area (Å²) in [6.07, 6.45) is 4.14. The summed E-state index contributed by atoms with van der Waals surface area (Å²) in [6, 6.07) is 16.1. The highest BCUT2D eigenvalue weighted by Gasteiger charge is 2.35. The highest BCUT2D eigenvalue weighted by atomic mass is 31.2. The number of rotatable bonds is 7. The molecule has 5 nitrogen and oxygen atoms in total. The minimum absolute atomic E-state index is 0.419. The maximum atomic E-state index is 11.6. The van der Waals surface area contributed by atoms with Gasteiger partial charge in [0.25, 0.3) is 0 Å². The highest BCUT2D eigenvalue weighted by molar-refractivity contribution is 7.50. The summed E-state index contributed by atoms with van der Waals surface area (Å²) < 4.78 is 18.0. The summed E-state index contributed by atoms with van der Waals surface area (Å²) in [7, 11) is -3.85. The van der Waals surface area contributed by atoms with E-state index in [1.807, 2.05) is 18.3 Å². The molecule has 1 saturated heterocycles. The largest absolute Gasteiger partial charge is 0.769 e. The molecule has 0 aliphatic carbocycles. The van der Waals surface area contributed by atoms with Crippen LogP contribution in [-0.4, -0.2) is 35.8 Å². The first-order valence-electron chi connectivity index (χ1n) is 9.40. The highest BCUT2D eigenvalue weighted by Crippen LogP contribution is 2.39. The molecule has 0 radical (unpaired) electrons. The summed E-state index contributed by atoms with van der Waals surface area (Å²) in [6.45, 7) is 5.60. The van der Waals surface area contributed by atoms with Crippen LogP contribution < -0.4 is 9.42 Å². The van der Waals surface area contributed by atoms with Crippen LogP contribution in [0.3, 0.4) is 0 Å². The summed E-state index contributed by atoms with van der Waals surface area (Å²) >= 11 is 0. The molecule has 2 heterocycles. The quantitative estimate of drug-likeness (QED) is 0.499. The Morgan fingerprint density at radius 2 is 1.93 bits per heavy atom. The third kappa shape index (κ3) is 4.11. The number of nitrogens with zero attached hydrogens (tertiary/aromatic N) is 1. The van der Waals surface area contributed by atoms with Crippen LogP contribution in [0, 0.1) is 0 Å². The monoisotopic (exact) mass is 384 g/mol. The van der Waals surface area contributed by atoms with Crippen molar-refractivity contribution >= 4 is 18.5 Å². The molecule has 2 aromatic carbocycles. The van der Waals surface area contributed by atoms with E-state index in [1.165, 1.54) is 25.1 Å². The van der Waals surface area contributed by atoms with Crippen molar-refractivity contribution < 1.29 is 18.5 Å². The molecule has 0 bridgehead atoms. The van der Waals surface area contributed by atoms with Gasteiger partial charge in [-0.05, 0) is 17.7 Å². The van der Waals surface area contributed by atoms with Crippen molar-refractivity contribution in [2.24, 2.45) is 0 Å². The normalized spacial score (nSPS) is 18.0. The predicted octanol–water partition coefficient (Wildman–Crippen LogP) is 3.69. The van der Waals surface area contributed by atoms with Gasteiger partial charge in [0, 0.05) is 42.2 Å². The first kappa shape index (κ1) is 18.3. The first-order chi connectivity index (χ1) is 12.9. The zero-order valence-electron chi connectivity index (χ0n) is 15.6. The number of likely N-dealkylation sites (tertiary alicyclic amines) is 1. The molecule has 1 aliphatic rings. The Labute approximate surface area is 159 Å². The SMILES string of the molecule is CP(=O)([O-])Oc1cccc2[nH]cc(CC[N+]3(Cc4ccccc4)CCC3)c12. The third-order valence-electron chi connectivity index (χ3n) is 5.49. The van der Waals surface area contributed by atoms with Crippen LogP contribution in [0.4, 0.5) is 0 Å². The van der Waals surface area contributed by atoms with E-state index in [0.29, 0.717) is 5.75 Å². The summed E-state index contributed by atoms with van der Waals surface area (Å²) in [4.78, 5) is 14.9. The molecular weight excluding hydrogens is 359 g/mol. The lowest BCUT2D eigenvalue weighted by Gasteiger charge is -2.46. The average Bonchev–Trinajstić information content (AvgIpc) is 3.01. The van der Waals surface area contributed by atoms with Crippen molar-refractivity contribution in [2.75, 3.05) is 26.3 Å². The molecule has 0 saturated carbocycles. The molecule has 27 heavy (non-hydrogen) atoms. The van der Waals surface area contributed by atoms with Gasteiger partial charge in [-0.25, -0.2) is 0 Å². The molecule has 4 rings (SSSR count). The molecular formula is C21H25N2O3P. The molecule has 1 N–H and O–H groups in total. The number of quaternary nitrogens is 1. The van der Waals surface area contributed by atoms with Gasteiger partial charge in [-0.15, -0.1) is 0 Å². The fourth-order valence-electron chi connectivity index (χ4n) is 4.07. The molecule has 0 spiro atoms. The Morgan fingerprint density at radius 1 is 1.15 bits per heavy atom. The van der Waals surface area contributed by atoms with Crippen molar-refractivity contribution in [3.05, 3.63) is 65.9 Å². The second-order valence-electron chi connectivity index (χ2n) is 7.61. The Bertz CT molecular complexity index is 974. The Morgan fingerprint density at radius 3 is 2.59 bits per heavy atom. The smallest absolute Gasteiger partial charge is 0.181 e. The standard InChI is InChI=1S/C21H25N2O3P/c1-27(24,25)26-20-10-5-9-19-21(20)18(15-22-19)11-14-23(12-6-13-23)16-17-7-3-2-4-8-17/h2-5,7-10,15,22H,6,11-14,16H2,1H3. The van der Waals surface area contributed by atoms with Crippen LogP contribution in [-0.2, 0) is 17.5 Å². The van der Waals surface area contributed by atoms with Gasteiger partial charge in [0.2, 0.25) is 0 Å². The minimum Gasteiger partial charge on any atom is -0.769 e. The fourth-order valence-corrected chi connectivity index (χ4v) is 4.58. The molecule has 0 amide bonds. The number of H-pyrrole nitrogens is 1. The minimum atomic E-state index is -3.85. The van der Waals surface area contributed by atoms with Crippen molar-refractivity contribution in [1.29, 1.82) is 0 Å². The molecule has 142 valence electrons. The summed E-state index contributed by atoms with van der Waals surface area (Å²) in [5, 5.41) is 0.883. The summed E-state index contributed by atoms with van der Waals surface area (Å²) in [5.74, 6) is 0.419. The second-order valence-corrected chi connectivity index (χ2v) is 9.34. The van der Waals surface area contributed by atoms with Gasteiger partial charge < -0.3 is 18.9 Å². The van der Waals surface area contributed by atoms with Crippen LogP contribution in [0.5, 0.6) is 5.75 Å². The van der Waals surface area contributed by atoms with E-state index in [0.717, 1.165) is 47.1 Å². The zero-order valence-corrected chi connectivity index (χ0v) is 16.5. The first-order valence-corrected chi connectivity index (χ1v) is 11.4. The number of nitrogens with one attached hydrogen (secondary N) is 1. The average molecular weight is 384 g/mol. The molecule has 1 atom stereocenters. The van der Waals surface area contributed by atoms with Gasteiger partial charge in [0.05, 0.1) is 19.6 Å². The van der Waals surface area contributed by atoms with Crippen LogP contribution in [0.15, 0.2) is 54.7 Å². The van der Waals surface area contributed by atoms with E-state index in [9.17, 15) is 9.46 Å². The lowest BCUT2D eigenvalue weighted by molar-refractivity contribution is -0.975. The molecule has 1 aliphatic heterocycles. The van der Waals surface area contributed by atoms with Crippen molar-refractivity contribution in [3.8, 4) is 5.75 Å². The van der Waals surface area contributed by atoms with Crippen LogP contribution in [0.1, 0.15) is 17.5 Å². The third-order valence-corrected chi connectivity index (χ3v) is 6.02. The molecule has 6 heteroatoms. The molecule has 1 aromatic heterocycles. The van der Waals surface area contributed by atoms with E-state index in [4.69, 9.17) is 4.52 Å². The van der Waals surface area contributed by atoms with Gasteiger partial charge in [-0.2, -0.15) is 0 Å². The van der Waals surface area contributed by atoms with E-state index < -0.39 is 7.60 Å². The van der Waals surface area contributed by atoms with E-state index in [2.05, 4.69) is 35.3 Å². The number of benzene rings is 2. The lowest BCUT2D eigenvalue weighted by Crippen LogP contribution is -2.57. The Kier molecular flexibility index (Phi) is 4.85. The van der Waals surface area contributed by atoms with E-state index in [1.54, 1.807) is 6.07 Å². The van der Waals surface area contributed by atoms with Crippen LogP contribution >= 0.6 is 7.60 Å². The van der Waals surface area contributed by atoms with Gasteiger partial charge >= 0.3 is 0 Å². The van der Waals surface area contributed by atoms with Gasteiger partial charge in [0.1, 0.15) is 12.3 Å². The van der Waals surface area contributed by atoms with E-state index >= 15 is 0 Å². The van der Waals surface area contributed by atoms with Crippen molar-refractivity contribution in [1.82, 2.24) is 4.98 Å². The number of hydrogen-bond acceptors (Lipinski definition) is 3. The van der Waals surface area contributed by atoms with Crippen molar-refractivity contribution in [2.45, 2.75) is 19.4 Å². The number of hydrogen-bond donors (Lipinski definition) is 1. The zero-order chi connectivity index (χ0) is 18.9. The predicted molar refractivity (Wildman–Crippen MR) is 106 cm³/mol. The van der Waals surface area contributed by atoms with Crippen LogP contribution in [0.25, 0.3) is 10.9 Å². The molecule has 1 fully saturated rings. The summed E-state index contributed by atoms with van der Waals surface area (Å²) in [5.41, 5.74) is 3.40. The topological polar surface area (TPSA) is 65.2 Å². The lowest BCUT2D eigenvalue weighted by atomic mass is 10.0. The molecule has 3 aromatic rings. The number of aromatic amines is 1. The number of aromatic nitrogens is 1. The molecule has 1 unspecified atom stereocenters. The van der Waals surface area contributed by atoms with Crippen LogP contribution in [0.2, 0.25) is 0 Å².